The summed E-state index contributed by atoms with van der Waals surface area (Å²) in [5.74, 6) is -0.748. The molecule has 3 N–H and O–H groups in total. The van der Waals surface area contributed by atoms with Gasteiger partial charge in [0.25, 0.3) is 0 Å². The molecule has 1 aromatic carbocycles. The molecule has 2 rings (SSSR count). The Balaban J connectivity index is 1.81. The SMILES string of the molecule is O=C(CNC1CCCCCC1O)Nc1ccccc1F. The van der Waals surface area contributed by atoms with Gasteiger partial charge in [-0.05, 0) is 25.0 Å². The third-order valence-corrected chi connectivity index (χ3v) is 3.65. The van der Waals surface area contributed by atoms with Crippen molar-refractivity contribution in [3.63, 3.8) is 0 Å². The van der Waals surface area contributed by atoms with Crippen LogP contribution in [0.25, 0.3) is 0 Å². The molecule has 0 heterocycles. The molecule has 0 aromatic heterocycles. The van der Waals surface area contributed by atoms with Crippen LogP contribution in [0.2, 0.25) is 0 Å². The van der Waals surface area contributed by atoms with E-state index in [2.05, 4.69) is 10.6 Å². The maximum atomic E-state index is 13.4. The standard InChI is InChI=1S/C15H21FN2O2/c16-11-6-4-5-7-12(11)18-15(20)10-17-13-8-2-1-3-9-14(13)19/h4-7,13-14,17,19H,1-3,8-10H2,(H,18,20). The first kappa shape index (κ1) is 14.9. The number of anilines is 1. The van der Waals surface area contributed by atoms with Gasteiger partial charge in [-0.1, -0.05) is 31.4 Å². The number of benzene rings is 1. The van der Waals surface area contributed by atoms with E-state index < -0.39 is 11.9 Å². The van der Waals surface area contributed by atoms with E-state index in [0.29, 0.717) is 0 Å². The number of hydrogen-bond acceptors (Lipinski definition) is 3. The molecule has 1 aliphatic rings. The third kappa shape index (κ3) is 4.28. The van der Waals surface area contributed by atoms with Crippen LogP contribution in [0, 0.1) is 5.82 Å². The first-order chi connectivity index (χ1) is 9.66. The minimum atomic E-state index is -0.449. The van der Waals surface area contributed by atoms with E-state index in [4.69, 9.17) is 0 Å². The van der Waals surface area contributed by atoms with Gasteiger partial charge in [0.1, 0.15) is 5.82 Å². The lowest BCUT2D eigenvalue weighted by Gasteiger charge is -2.21. The third-order valence-electron chi connectivity index (χ3n) is 3.65. The zero-order valence-electron chi connectivity index (χ0n) is 11.4. The van der Waals surface area contributed by atoms with Crippen LogP contribution in [0.1, 0.15) is 32.1 Å². The fourth-order valence-electron chi connectivity index (χ4n) is 2.51. The van der Waals surface area contributed by atoms with Gasteiger partial charge in [0.05, 0.1) is 18.3 Å². The second kappa shape index (κ2) is 7.36. The molecule has 1 aromatic rings. The lowest BCUT2D eigenvalue weighted by Crippen LogP contribution is -2.43. The van der Waals surface area contributed by atoms with Crippen molar-refractivity contribution in [3.05, 3.63) is 30.1 Å². The highest BCUT2D eigenvalue weighted by Crippen LogP contribution is 2.18. The highest BCUT2D eigenvalue weighted by molar-refractivity contribution is 5.92. The minimum absolute atomic E-state index is 0.0520. The van der Waals surface area contributed by atoms with Crippen LogP contribution in [-0.4, -0.2) is 29.7 Å². The van der Waals surface area contributed by atoms with Crippen molar-refractivity contribution in [2.75, 3.05) is 11.9 Å². The molecule has 20 heavy (non-hydrogen) atoms. The number of amides is 1. The Morgan fingerprint density at radius 2 is 2.00 bits per heavy atom. The summed E-state index contributed by atoms with van der Waals surface area (Å²) in [5.41, 5.74) is 0.181. The van der Waals surface area contributed by atoms with Crippen molar-refractivity contribution in [2.45, 2.75) is 44.2 Å². The number of aliphatic hydroxyl groups excluding tert-OH is 1. The number of halogens is 1. The highest BCUT2D eigenvalue weighted by Gasteiger charge is 2.21. The van der Waals surface area contributed by atoms with E-state index >= 15 is 0 Å². The molecule has 1 aliphatic carbocycles. The van der Waals surface area contributed by atoms with E-state index in [1.165, 1.54) is 12.1 Å². The average molecular weight is 280 g/mol. The summed E-state index contributed by atoms with van der Waals surface area (Å²) < 4.78 is 13.4. The Hall–Kier alpha value is -1.46. The van der Waals surface area contributed by atoms with E-state index in [1.807, 2.05) is 0 Å². The number of nitrogens with one attached hydrogen (secondary N) is 2. The topological polar surface area (TPSA) is 61.4 Å². The summed E-state index contributed by atoms with van der Waals surface area (Å²) in [6.07, 6.45) is 4.45. The number of carbonyl (C=O) groups is 1. The fraction of sp³-hybridized carbons (Fsp3) is 0.533. The summed E-state index contributed by atoms with van der Waals surface area (Å²) in [5, 5.41) is 15.5. The molecule has 0 radical (unpaired) electrons. The molecule has 0 saturated heterocycles. The van der Waals surface area contributed by atoms with Crippen LogP contribution in [-0.2, 0) is 4.79 Å². The smallest absolute Gasteiger partial charge is 0.238 e. The molecule has 5 heteroatoms. The van der Waals surface area contributed by atoms with E-state index in [0.717, 1.165) is 32.1 Å². The summed E-state index contributed by atoms with van der Waals surface area (Å²) in [4.78, 5) is 11.8. The van der Waals surface area contributed by atoms with Gasteiger partial charge in [0, 0.05) is 6.04 Å². The van der Waals surface area contributed by atoms with Gasteiger partial charge >= 0.3 is 0 Å². The largest absolute Gasteiger partial charge is 0.392 e. The van der Waals surface area contributed by atoms with Crippen molar-refractivity contribution in [1.82, 2.24) is 5.32 Å². The number of para-hydroxylation sites is 1. The minimum Gasteiger partial charge on any atom is -0.392 e. The molecule has 1 fully saturated rings. The van der Waals surface area contributed by atoms with Crippen molar-refractivity contribution in [1.29, 1.82) is 0 Å². The molecular weight excluding hydrogens is 259 g/mol. The van der Waals surface area contributed by atoms with Gasteiger partial charge in [0.2, 0.25) is 5.91 Å². The van der Waals surface area contributed by atoms with E-state index in [1.54, 1.807) is 12.1 Å². The summed E-state index contributed by atoms with van der Waals surface area (Å²) in [6, 6.07) is 6.02. The lowest BCUT2D eigenvalue weighted by molar-refractivity contribution is -0.115. The summed E-state index contributed by atoms with van der Waals surface area (Å²) >= 11 is 0. The van der Waals surface area contributed by atoms with Crippen LogP contribution in [0.15, 0.2) is 24.3 Å². The zero-order chi connectivity index (χ0) is 14.4. The monoisotopic (exact) mass is 280 g/mol. The normalized spacial score (nSPS) is 23.1. The molecule has 110 valence electrons. The van der Waals surface area contributed by atoms with Crippen LogP contribution in [0.4, 0.5) is 10.1 Å². The summed E-state index contributed by atoms with van der Waals surface area (Å²) in [6.45, 7) is 0.0794. The van der Waals surface area contributed by atoms with Crippen molar-refractivity contribution in [2.24, 2.45) is 0 Å². The first-order valence-corrected chi connectivity index (χ1v) is 7.12. The van der Waals surface area contributed by atoms with Crippen LogP contribution < -0.4 is 10.6 Å². The van der Waals surface area contributed by atoms with Gasteiger partial charge in [0.15, 0.2) is 0 Å². The maximum Gasteiger partial charge on any atom is 0.238 e. The molecule has 1 amide bonds. The summed E-state index contributed by atoms with van der Waals surface area (Å²) in [7, 11) is 0. The second-order valence-corrected chi connectivity index (χ2v) is 5.22. The predicted octanol–water partition coefficient (Wildman–Crippen LogP) is 2.05. The molecular formula is C15H21FN2O2. The van der Waals surface area contributed by atoms with Crippen molar-refractivity contribution in [3.8, 4) is 0 Å². The molecule has 0 spiro atoms. The van der Waals surface area contributed by atoms with Gasteiger partial charge in [-0.25, -0.2) is 4.39 Å². The van der Waals surface area contributed by atoms with Crippen LogP contribution in [0.3, 0.4) is 0 Å². The lowest BCUT2D eigenvalue weighted by atomic mass is 10.1. The number of aliphatic hydroxyl groups is 1. The van der Waals surface area contributed by atoms with E-state index in [9.17, 15) is 14.3 Å². The molecule has 1 saturated carbocycles. The second-order valence-electron chi connectivity index (χ2n) is 5.22. The van der Waals surface area contributed by atoms with Gasteiger partial charge in [-0.2, -0.15) is 0 Å². The Kier molecular flexibility index (Phi) is 5.49. The molecule has 4 nitrogen and oxygen atoms in total. The fourth-order valence-corrected chi connectivity index (χ4v) is 2.51. The Morgan fingerprint density at radius 1 is 1.25 bits per heavy atom. The Bertz CT molecular complexity index is 453. The van der Waals surface area contributed by atoms with Crippen molar-refractivity contribution < 1.29 is 14.3 Å². The van der Waals surface area contributed by atoms with Gasteiger partial charge in [-0.3, -0.25) is 4.79 Å². The first-order valence-electron chi connectivity index (χ1n) is 7.12. The number of hydrogen-bond donors (Lipinski definition) is 3. The average Bonchev–Trinajstić information content (AvgIpc) is 2.64. The molecule has 2 unspecified atom stereocenters. The zero-order valence-corrected chi connectivity index (χ0v) is 11.4. The molecule has 0 bridgehead atoms. The number of rotatable bonds is 4. The maximum absolute atomic E-state index is 13.4. The van der Waals surface area contributed by atoms with Gasteiger partial charge < -0.3 is 15.7 Å². The van der Waals surface area contributed by atoms with Crippen LogP contribution in [0.5, 0.6) is 0 Å². The van der Waals surface area contributed by atoms with E-state index in [-0.39, 0.29) is 24.2 Å². The predicted molar refractivity (Wildman–Crippen MR) is 75.9 cm³/mol. The molecule has 2 atom stereocenters. The highest BCUT2D eigenvalue weighted by atomic mass is 19.1. The van der Waals surface area contributed by atoms with Gasteiger partial charge in [-0.15, -0.1) is 0 Å². The number of carbonyl (C=O) groups excluding carboxylic acids is 1. The van der Waals surface area contributed by atoms with Crippen LogP contribution >= 0.6 is 0 Å². The molecule has 0 aliphatic heterocycles. The quantitative estimate of drug-likeness (QED) is 0.740. The van der Waals surface area contributed by atoms with Crippen molar-refractivity contribution >= 4 is 11.6 Å². The Labute approximate surface area is 118 Å². The Morgan fingerprint density at radius 3 is 2.80 bits per heavy atom.